The maximum atomic E-state index is 6.22. The largest absolute Gasteiger partial charge is 0.456 e. The minimum Gasteiger partial charge on any atom is -0.456 e. The number of hydrogen-bond donors (Lipinski definition) is 0. The Labute approximate surface area is 126 Å². The smallest absolute Gasteiger partial charge is 0.137 e. The molecule has 0 aromatic heterocycles. The lowest BCUT2D eigenvalue weighted by Gasteiger charge is -2.21. The lowest BCUT2D eigenvalue weighted by Crippen LogP contribution is -1.96. The Hall–Kier alpha value is -2.25. The van der Waals surface area contributed by atoms with Crippen LogP contribution >= 0.6 is 11.6 Å². The van der Waals surface area contributed by atoms with Gasteiger partial charge < -0.3 is 4.74 Å². The third-order valence-electron chi connectivity index (χ3n) is 4.37. The summed E-state index contributed by atoms with van der Waals surface area (Å²) in [6.45, 7) is 2.15. The normalized spacial score (nSPS) is 12.7. The fourth-order valence-electron chi connectivity index (χ4n) is 3.51. The molecule has 1 heterocycles. The lowest BCUT2D eigenvalue weighted by atomic mass is 9.91. The van der Waals surface area contributed by atoms with E-state index < -0.39 is 0 Å². The summed E-state index contributed by atoms with van der Waals surface area (Å²) in [7, 11) is 0. The zero-order valence-corrected chi connectivity index (χ0v) is 12.2. The highest BCUT2D eigenvalue weighted by molar-refractivity contribution is 6.33. The van der Waals surface area contributed by atoms with Crippen molar-refractivity contribution in [2.75, 3.05) is 0 Å². The van der Waals surface area contributed by atoms with Crippen LogP contribution in [-0.2, 0) is 0 Å². The fourth-order valence-corrected chi connectivity index (χ4v) is 3.73. The summed E-state index contributed by atoms with van der Waals surface area (Å²) in [5, 5.41) is 8.01. The van der Waals surface area contributed by atoms with Gasteiger partial charge in [-0.25, -0.2) is 0 Å². The molecule has 4 aromatic rings. The second kappa shape index (κ2) is 3.69. The number of aryl methyl sites for hydroxylation is 1. The quantitative estimate of drug-likeness (QED) is 0.308. The van der Waals surface area contributed by atoms with Crippen LogP contribution in [0.2, 0.25) is 5.02 Å². The Morgan fingerprint density at radius 3 is 2.48 bits per heavy atom. The lowest BCUT2D eigenvalue weighted by molar-refractivity contribution is 0.493. The van der Waals surface area contributed by atoms with Gasteiger partial charge in [-0.1, -0.05) is 41.9 Å². The van der Waals surface area contributed by atoms with Gasteiger partial charge in [-0.2, -0.15) is 0 Å². The molecule has 0 saturated heterocycles. The molecular formula is C19H11ClO. The average molecular weight is 291 g/mol. The second-order valence-electron chi connectivity index (χ2n) is 5.64. The van der Waals surface area contributed by atoms with Gasteiger partial charge in [-0.3, -0.25) is 0 Å². The molecule has 0 atom stereocenters. The van der Waals surface area contributed by atoms with Gasteiger partial charge in [0.15, 0.2) is 0 Å². The molecule has 1 nitrogen and oxygen atoms in total. The summed E-state index contributed by atoms with van der Waals surface area (Å²) >= 11 is 6.22. The molecule has 0 spiro atoms. The molecule has 0 unspecified atom stereocenters. The zero-order chi connectivity index (χ0) is 14.1. The maximum absolute atomic E-state index is 6.22. The van der Waals surface area contributed by atoms with Crippen LogP contribution in [0.4, 0.5) is 0 Å². The van der Waals surface area contributed by atoms with E-state index in [4.69, 9.17) is 16.3 Å². The van der Waals surface area contributed by atoms with Crippen molar-refractivity contribution >= 4 is 43.9 Å². The van der Waals surface area contributed by atoms with Crippen LogP contribution in [0.3, 0.4) is 0 Å². The Bertz CT molecular complexity index is 1080. The molecule has 4 aromatic carbocycles. The van der Waals surface area contributed by atoms with Crippen LogP contribution in [-0.4, -0.2) is 0 Å². The summed E-state index contributed by atoms with van der Waals surface area (Å²) in [5.41, 5.74) is 1.28. The highest BCUT2D eigenvalue weighted by atomic mass is 35.5. The Morgan fingerprint density at radius 1 is 0.810 bits per heavy atom. The van der Waals surface area contributed by atoms with Gasteiger partial charge in [0, 0.05) is 27.2 Å². The molecule has 0 fully saturated rings. The SMILES string of the molecule is Cc1cc2ccc3cc(Cl)cc4c3c2c2c(cccc12)O4. The van der Waals surface area contributed by atoms with E-state index >= 15 is 0 Å². The van der Waals surface area contributed by atoms with Crippen LogP contribution in [0.1, 0.15) is 5.56 Å². The van der Waals surface area contributed by atoms with Gasteiger partial charge in [-0.05, 0) is 40.8 Å². The first-order valence-corrected chi connectivity index (χ1v) is 7.36. The first-order valence-electron chi connectivity index (χ1n) is 6.98. The van der Waals surface area contributed by atoms with Crippen molar-refractivity contribution in [1.29, 1.82) is 0 Å². The molecule has 21 heavy (non-hydrogen) atoms. The van der Waals surface area contributed by atoms with Gasteiger partial charge in [0.05, 0.1) is 0 Å². The Kier molecular flexibility index (Phi) is 2.00. The van der Waals surface area contributed by atoms with E-state index in [0.29, 0.717) is 5.02 Å². The van der Waals surface area contributed by atoms with Crippen molar-refractivity contribution in [3.05, 3.63) is 59.1 Å². The summed E-state index contributed by atoms with van der Waals surface area (Å²) < 4.78 is 6.14. The molecule has 0 N–H and O–H groups in total. The molecule has 2 heteroatoms. The van der Waals surface area contributed by atoms with Gasteiger partial charge in [-0.15, -0.1) is 0 Å². The van der Waals surface area contributed by atoms with Gasteiger partial charge in [0.2, 0.25) is 0 Å². The van der Waals surface area contributed by atoms with Crippen LogP contribution in [0.25, 0.3) is 32.3 Å². The predicted molar refractivity (Wildman–Crippen MR) is 88.8 cm³/mol. The summed E-state index contributed by atoms with van der Waals surface area (Å²) in [6.07, 6.45) is 0. The topological polar surface area (TPSA) is 9.23 Å². The molecular weight excluding hydrogens is 280 g/mol. The summed E-state index contributed by atoms with van der Waals surface area (Å²) in [6, 6.07) is 16.7. The number of ether oxygens (including phenoxy) is 1. The van der Waals surface area contributed by atoms with Crippen molar-refractivity contribution in [1.82, 2.24) is 0 Å². The van der Waals surface area contributed by atoms with E-state index in [1.807, 2.05) is 24.3 Å². The second-order valence-corrected chi connectivity index (χ2v) is 6.08. The molecule has 0 saturated carbocycles. The molecule has 0 radical (unpaired) electrons. The van der Waals surface area contributed by atoms with Crippen LogP contribution in [0.5, 0.6) is 11.5 Å². The van der Waals surface area contributed by atoms with Crippen LogP contribution < -0.4 is 4.74 Å². The summed E-state index contributed by atoms with van der Waals surface area (Å²) in [4.78, 5) is 0. The number of rotatable bonds is 0. The van der Waals surface area contributed by atoms with Gasteiger partial charge >= 0.3 is 0 Å². The molecule has 0 bridgehead atoms. The molecule has 5 rings (SSSR count). The van der Waals surface area contributed by atoms with Crippen LogP contribution in [0.15, 0.2) is 48.5 Å². The zero-order valence-electron chi connectivity index (χ0n) is 11.4. The fraction of sp³-hybridized carbons (Fsp3) is 0.0526. The van der Waals surface area contributed by atoms with E-state index in [2.05, 4.69) is 31.2 Å². The van der Waals surface area contributed by atoms with E-state index in [1.165, 1.54) is 32.5 Å². The first-order chi connectivity index (χ1) is 10.2. The number of benzene rings is 4. The van der Waals surface area contributed by atoms with E-state index in [9.17, 15) is 0 Å². The minimum atomic E-state index is 0.708. The maximum Gasteiger partial charge on any atom is 0.137 e. The number of hydrogen-bond acceptors (Lipinski definition) is 1. The van der Waals surface area contributed by atoms with Crippen molar-refractivity contribution in [3.8, 4) is 11.5 Å². The van der Waals surface area contributed by atoms with Crippen molar-refractivity contribution < 1.29 is 4.74 Å². The highest BCUT2D eigenvalue weighted by Crippen LogP contribution is 2.48. The van der Waals surface area contributed by atoms with Crippen LogP contribution in [0, 0.1) is 6.92 Å². The first kappa shape index (κ1) is 11.4. The van der Waals surface area contributed by atoms with Crippen molar-refractivity contribution in [2.24, 2.45) is 0 Å². The van der Waals surface area contributed by atoms with Crippen molar-refractivity contribution in [2.45, 2.75) is 6.92 Å². The van der Waals surface area contributed by atoms with E-state index in [-0.39, 0.29) is 0 Å². The monoisotopic (exact) mass is 290 g/mol. The molecule has 1 aliphatic rings. The average Bonchev–Trinajstić information content (AvgIpc) is 2.47. The standard InChI is InChI=1S/C19H11ClO/c1-10-7-11-5-6-12-8-13(20)9-16-17(12)18(11)19-14(10)3-2-4-15(19)21-16/h2-9H,1H3. The third-order valence-corrected chi connectivity index (χ3v) is 4.59. The molecule has 0 aliphatic carbocycles. The Morgan fingerprint density at radius 2 is 1.62 bits per heavy atom. The van der Waals surface area contributed by atoms with Crippen molar-refractivity contribution in [3.63, 3.8) is 0 Å². The van der Waals surface area contributed by atoms with E-state index in [1.54, 1.807) is 0 Å². The van der Waals surface area contributed by atoms with Gasteiger partial charge in [0.1, 0.15) is 11.5 Å². The van der Waals surface area contributed by atoms with E-state index in [0.717, 1.165) is 16.9 Å². The Balaban J connectivity index is 2.21. The summed E-state index contributed by atoms with van der Waals surface area (Å²) in [5.74, 6) is 1.77. The molecule has 100 valence electrons. The molecule has 1 aliphatic heterocycles. The third kappa shape index (κ3) is 1.37. The predicted octanol–water partition coefficient (Wildman–Crippen LogP) is 6.21. The van der Waals surface area contributed by atoms with Gasteiger partial charge in [0.25, 0.3) is 0 Å². The minimum absolute atomic E-state index is 0.708. The molecule has 0 amide bonds. The number of halogens is 1. The highest BCUT2D eigenvalue weighted by Gasteiger charge is 2.20.